The van der Waals surface area contributed by atoms with Crippen LogP contribution < -0.4 is 5.32 Å². The molecule has 2 aromatic heterocycles. The third-order valence-corrected chi connectivity index (χ3v) is 3.32. The number of nitrogens with one attached hydrogen (secondary N) is 2. The number of rotatable bonds is 4. The first-order valence-electron chi connectivity index (χ1n) is 5.00. The molecule has 80 valence electrons. The van der Waals surface area contributed by atoms with Crippen molar-refractivity contribution in [3.63, 3.8) is 0 Å². The zero-order valence-corrected chi connectivity index (χ0v) is 9.82. The predicted molar refractivity (Wildman–Crippen MR) is 62.9 cm³/mol. The van der Waals surface area contributed by atoms with Gasteiger partial charge in [0, 0.05) is 28.5 Å². The molecule has 0 spiro atoms. The van der Waals surface area contributed by atoms with Crippen LogP contribution in [0.15, 0.2) is 18.5 Å². The second-order valence-electron chi connectivity index (χ2n) is 3.59. The summed E-state index contributed by atoms with van der Waals surface area (Å²) in [6.07, 6.45) is 1.74. The Morgan fingerprint density at radius 3 is 2.80 bits per heavy atom. The molecule has 2 N–H and O–H groups in total. The number of aromatic amines is 1. The summed E-state index contributed by atoms with van der Waals surface area (Å²) in [5.41, 5.74) is 2.24. The molecule has 0 atom stereocenters. The molecule has 0 aromatic carbocycles. The van der Waals surface area contributed by atoms with Crippen molar-refractivity contribution >= 4 is 11.3 Å². The fourth-order valence-electron chi connectivity index (χ4n) is 1.45. The minimum atomic E-state index is 0.826. The predicted octanol–water partition coefficient (Wildman–Crippen LogP) is 2.38. The molecule has 0 saturated carbocycles. The van der Waals surface area contributed by atoms with Gasteiger partial charge in [-0.05, 0) is 26.0 Å². The number of aromatic nitrogens is 2. The van der Waals surface area contributed by atoms with Crippen molar-refractivity contribution in [1.82, 2.24) is 15.3 Å². The number of nitrogens with zero attached hydrogens (tertiary/aromatic N) is 1. The van der Waals surface area contributed by atoms with E-state index >= 15 is 0 Å². The van der Waals surface area contributed by atoms with Crippen molar-refractivity contribution < 1.29 is 0 Å². The molecule has 0 aliphatic heterocycles. The molecule has 0 aliphatic carbocycles. The van der Waals surface area contributed by atoms with Crippen LogP contribution in [0.5, 0.6) is 0 Å². The second-order valence-corrected chi connectivity index (χ2v) is 4.96. The lowest BCUT2D eigenvalue weighted by Crippen LogP contribution is -2.12. The molecule has 0 radical (unpaired) electrons. The average molecular weight is 221 g/mol. The summed E-state index contributed by atoms with van der Waals surface area (Å²) in [7, 11) is 0. The molecule has 0 amide bonds. The average Bonchev–Trinajstić information content (AvgIpc) is 2.77. The van der Waals surface area contributed by atoms with Gasteiger partial charge in [-0.25, -0.2) is 4.98 Å². The highest BCUT2D eigenvalue weighted by atomic mass is 32.1. The summed E-state index contributed by atoms with van der Waals surface area (Å²) >= 11 is 1.84. The van der Waals surface area contributed by atoms with Gasteiger partial charge in [-0.3, -0.25) is 0 Å². The van der Waals surface area contributed by atoms with E-state index in [0.717, 1.165) is 24.5 Å². The fourth-order valence-corrected chi connectivity index (χ4v) is 2.31. The summed E-state index contributed by atoms with van der Waals surface area (Å²) in [5, 5.41) is 3.39. The summed E-state index contributed by atoms with van der Waals surface area (Å²) in [6, 6.07) is 4.33. The fraction of sp³-hybridized carbons (Fsp3) is 0.364. The van der Waals surface area contributed by atoms with Crippen molar-refractivity contribution in [2.75, 3.05) is 0 Å². The van der Waals surface area contributed by atoms with E-state index in [-0.39, 0.29) is 0 Å². The zero-order chi connectivity index (χ0) is 10.7. The lowest BCUT2D eigenvalue weighted by Gasteiger charge is -2.01. The van der Waals surface area contributed by atoms with E-state index < -0.39 is 0 Å². The third kappa shape index (κ3) is 2.67. The van der Waals surface area contributed by atoms with E-state index in [1.807, 2.05) is 18.3 Å². The largest absolute Gasteiger partial charge is 0.348 e. The minimum absolute atomic E-state index is 0.826. The van der Waals surface area contributed by atoms with Gasteiger partial charge in [0.1, 0.15) is 0 Å². The van der Waals surface area contributed by atoms with Crippen LogP contribution in [0, 0.1) is 13.8 Å². The maximum absolute atomic E-state index is 4.24. The Bertz CT molecular complexity index is 430. The molecule has 2 rings (SSSR count). The van der Waals surface area contributed by atoms with Gasteiger partial charge >= 0.3 is 0 Å². The Labute approximate surface area is 93.6 Å². The van der Waals surface area contributed by atoms with Crippen LogP contribution in [0.2, 0.25) is 0 Å². The first kappa shape index (κ1) is 10.4. The van der Waals surface area contributed by atoms with Gasteiger partial charge in [-0.1, -0.05) is 0 Å². The summed E-state index contributed by atoms with van der Waals surface area (Å²) in [4.78, 5) is 10.0. The highest BCUT2D eigenvalue weighted by molar-refractivity contribution is 7.11. The Morgan fingerprint density at radius 1 is 1.33 bits per heavy atom. The Balaban J connectivity index is 1.83. The highest BCUT2D eigenvalue weighted by Gasteiger charge is 2.00. The molecule has 0 bridgehead atoms. The van der Waals surface area contributed by atoms with Gasteiger partial charge in [0.15, 0.2) is 0 Å². The summed E-state index contributed by atoms with van der Waals surface area (Å²) < 4.78 is 0. The normalized spacial score (nSPS) is 10.8. The molecule has 15 heavy (non-hydrogen) atoms. The van der Waals surface area contributed by atoms with Gasteiger partial charge < -0.3 is 10.3 Å². The number of thiophene rings is 1. The molecule has 0 unspecified atom stereocenters. The van der Waals surface area contributed by atoms with Gasteiger partial charge in [0.2, 0.25) is 0 Å². The van der Waals surface area contributed by atoms with Crippen molar-refractivity contribution in [3.8, 4) is 0 Å². The number of hydrogen-bond donors (Lipinski definition) is 2. The first-order chi connectivity index (χ1) is 7.25. The molecule has 3 nitrogen and oxygen atoms in total. The molecular formula is C11H15N3S. The molecular weight excluding hydrogens is 206 g/mol. The maximum atomic E-state index is 4.24. The van der Waals surface area contributed by atoms with Crippen molar-refractivity contribution in [1.29, 1.82) is 0 Å². The van der Waals surface area contributed by atoms with Crippen LogP contribution in [0.25, 0.3) is 0 Å². The van der Waals surface area contributed by atoms with Crippen LogP contribution in [0.3, 0.4) is 0 Å². The van der Waals surface area contributed by atoms with Crippen LogP contribution >= 0.6 is 11.3 Å². The molecule has 2 aromatic rings. The topological polar surface area (TPSA) is 40.7 Å². The van der Waals surface area contributed by atoms with E-state index in [9.17, 15) is 0 Å². The van der Waals surface area contributed by atoms with E-state index in [0.29, 0.717) is 0 Å². The van der Waals surface area contributed by atoms with E-state index in [1.54, 1.807) is 6.33 Å². The van der Waals surface area contributed by atoms with E-state index in [2.05, 4.69) is 34.3 Å². The van der Waals surface area contributed by atoms with Crippen LogP contribution in [0.4, 0.5) is 0 Å². The third-order valence-electron chi connectivity index (χ3n) is 2.32. The van der Waals surface area contributed by atoms with Crippen LogP contribution in [-0.4, -0.2) is 9.97 Å². The van der Waals surface area contributed by atoms with Gasteiger partial charge in [-0.15, -0.1) is 11.3 Å². The Kier molecular flexibility index (Phi) is 3.18. The van der Waals surface area contributed by atoms with Crippen molar-refractivity contribution in [2.24, 2.45) is 0 Å². The lowest BCUT2D eigenvalue weighted by atomic mass is 10.3. The molecule has 0 saturated heterocycles. The van der Waals surface area contributed by atoms with Gasteiger partial charge in [-0.2, -0.15) is 0 Å². The molecule has 0 fully saturated rings. The molecule has 0 aliphatic rings. The summed E-state index contributed by atoms with van der Waals surface area (Å²) in [6.45, 7) is 5.92. The molecule has 4 heteroatoms. The van der Waals surface area contributed by atoms with Gasteiger partial charge in [0.25, 0.3) is 0 Å². The monoisotopic (exact) mass is 221 g/mol. The number of imidazole rings is 1. The number of hydrogen-bond acceptors (Lipinski definition) is 3. The number of aryl methyl sites for hydroxylation is 2. The van der Waals surface area contributed by atoms with E-state index in [4.69, 9.17) is 0 Å². The SMILES string of the molecule is Cc1ccc(CNCc2nc[nH]c2C)s1. The first-order valence-corrected chi connectivity index (χ1v) is 5.82. The van der Waals surface area contributed by atoms with Crippen molar-refractivity contribution in [3.05, 3.63) is 39.6 Å². The Hall–Kier alpha value is -1.13. The lowest BCUT2D eigenvalue weighted by molar-refractivity contribution is 0.686. The highest BCUT2D eigenvalue weighted by Crippen LogP contribution is 2.14. The Morgan fingerprint density at radius 2 is 2.20 bits per heavy atom. The number of H-pyrrole nitrogens is 1. The van der Waals surface area contributed by atoms with Crippen molar-refractivity contribution in [2.45, 2.75) is 26.9 Å². The molecule has 2 heterocycles. The second kappa shape index (κ2) is 4.59. The summed E-state index contributed by atoms with van der Waals surface area (Å²) in [5.74, 6) is 0. The van der Waals surface area contributed by atoms with Crippen LogP contribution in [0.1, 0.15) is 21.1 Å². The van der Waals surface area contributed by atoms with Crippen LogP contribution in [-0.2, 0) is 13.1 Å². The zero-order valence-electron chi connectivity index (χ0n) is 9.00. The quantitative estimate of drug-likeness (QED) is 0.832. The standard InChI is InChI=1S/C11H15N3S/c1-8-3-4-10(15-8)5-12-6-11-9(2)13-7-14-11/h3-4,7,12H,5-6H2,1-2H3,(H,13,14). The smallest absolute Gasteiger partial charge is 0.0925 e. The maximum Gasteiger partial charge on any atom is 0.0925 e. The van der Waals surface area contributed by atoms with E-state index in [1.165, 1.54) is 9.75 Å². The minimum Gasteiger partial charge on any atom is -0.348 e. The van der Waals surface area contributed by atoms with Gasteiger partial charge in [0.05, 0.1) is 12.0 Å².